The van der Waals surface area contributed by atoms with Crippen LogP contribution in [0, 0.1) is 0 Å². The molecule has 2 aromatic rings. The van der Waals surface area contributed by atoms with Gasteiger partial charge >= 0.3 is 0 Å². The van der Waals surface area contributed by atoms with Crippen LogP contribution < -0.4 is 5.73 Å². The minimum absolute atomic E-state index is 0.0761. The molecule has 0 atom stereocenters. The summed E-state index contributed by atoms with van der Waals surface area (Å²) >= 11 is 1.44. The summed E-state index contributed by atoms with van der Waals surface area (Å²) in [5, 5.41) is 0.917. The van der Waals surface area contributed by atoms with Gasteiger partial charge in [-0.05, 0) is 37.8 Å². The highest BCUT2D eigenvalue weighted by molar-refractivity contribution is 7.21. The third-order valence-electron chi connectivity index (χ3n) is 4.00. The Bertz CT molecular complexity index is 659. The van der Waals surface area contributed by atoms with Gasteiger partial charge in [0.15, 0.2) is 0 Å². The van der Waals surface area contributed by atoms with Gasteiger partial charge in [-0.3, -0.25) is 4.79 Å². The Morgan fingerprint density at radius 1 is 1.33 bits per heavy atom. The van der Waals surface area contributed by atoms with Crippen molar-refractivity contribution in [1.29, 1.82) is 0 Å². The van der Waals surface area contributed by atoms with Crippen molar-refractivity contribution in [3.63, 3.8) is 0 Å². The molecule has 0 aliphatic carbocycles. The summed E-state index contributed by atoms with van der Waals surface area (Å²) in [7, 11) is 0. The second kappa shape index (κ2) is 6.02. The molecule has 0 unspecified atom stereocenters. The van der Waals surface area contributed by atoms with Gasteiger partial charge in [-0.25, -0.2) is 4.98 Å². The van der Waals surface area contributed by atoms with E-state index < -0.39 is 0 Å². The van der Waals surface area contributed by atoms with Crippen LogP contribution >= 0.6 is 11.3 Å². The van der Waals surface area contributed by atoms with E-state index in [9.17, 15) is 4.79 Å². The summed E-state index contributed by atoms with van der Waals surface area (Å²) in [5.74, 6) is 0.0761. The quantitative estimate of drug-likeness (QED) is 0.944. The number of thiophene rings is 1. The standard InChI is InChI=1S/C16H21N3OS/c1-2-6-11-7-8-12-13(17)14(21-15(12)18-11)16(20)19-9-4-3-5-10-19/h7-8H,2-6,9-10,17H2,1H3. The molecule has 2 N–H and O–H groups in total. The topological polar surface area (TPSA) is 59.2 Å². The number of nitrogens with two attached hydrogens (primary N) is 1. The van der Waals surface area contributed by atoms with Gasteiger partial charge in [-0.2, -0.15) is 0 Å². The largest absolute Gasteiger partial charge is 0.397 e. The molecule has 0 spiro atoms. The van der Waals surface area contributed by atoms with Gasteiger partial charge in [0, 0.05) is 24.2 Å². The van der Waals surface area contributed by atoms with Gasteiger partial charge in [-0.15, -0.1) is 11.3 Å². The zero-order valence-electron chi connectivity index (χ0n) is 12.4. The van der Waals surface area contributed by atoms with E-state index in [-0.39, 0.29) is 5.91 Å². The minimum atomic E-state index is 0.0761. The lowest BCUT2D eigenvalue weighted by Crippen LogP contribution is -2.35. The Morgan fingerprint density at radius 2 is 2.10 bits per heavy atom. The zero-order chi connectivity index (χ0) is 14.8. The van der Waals surface area contributed by atoms with Crippen LogP contribution in [0.5, 0.6) is 0 Å². The summed E-state index contributed by atoms with van der Waals surface area (Å²) < 4.78 is 0. The summed E-state index contributed by atoms with van der Waals surface area (Å²) in [5.41, 5.74) is 7.86. The van der Waals surface area contributed by atoms with Gasteiger partial charge < -0.3 is 10.6 Å². The summed E-state index contributed by atoms with van der Waals surface area (Å²) in [6.45, 7) is 3.84. The van der Waals surface area contributed by atoms with Gasteiger partial charge in [-0.1, -0.05) is 13.3 Å². The van der Waals surface area contributed by atoms with Crippen molar-refractivity contribution in [2.24, 2.45) is 0 Å². The number of amides is 1. The number of carbonyl (C=O) groups excluding carboxylic acids is 1. The second-order valence-corrected chi connectivity index (χ2v) is 6.60. The lowest BCUT2D eigenvalue weighted by molar-refractivity contribution is 0.0730. The molecule has 1 aliphatic heterocycles. The van der Waals surface area contributed by atoms with Crippen LogP contribution in [0.1, 0.15) is 48.0 Å². The number of piperidine rings is 1. The number of hydrogen-bond acceptors (Lipinski definition) is 4. The number of hydrogen-bond donors (Lipinski definition) is 1. The number of carbonyl (C=O) groups is 1. The molecule has 3 rings (SSSR count). The molecule has 21 heavy (non-hydrogen) atoms. The monoisotopic (exact) mass is 303 g/mol. The third-order valence-corrected chi connectivity index (χ3v) is 5.10. The Balaban J connectivity index is 1.94. The predicted molar refractivity (Wildman–Crippen MR) is 87.8 cm³/mol. The highest BCUT2D eigenvalue weighted by Gasteiger charge is 2.23. The predicted octanol–water partition coefficient (Wildman–Crippen LogP) is 3.46. The smallest absolute Gasteiger partial charge is 0.266 e. The molecule has 2 aromatic heterocycles. The van der Waals surface area contributed by atoms with Crippen molar-refractivity contribution in [3.8, 4) is 0 Å². The van der Waals surface area contributed by atoms with E-state index in [1.54, 1.807) is 0 Å². The number of likely N-dealkylation sites (tertiary alicyclic amines) is 1. The molecule has 4 nitrogen and oxygen atoms in total. The number of rotatable bonds is 3. The van der Waals surface area contributed by atoms with Crippen LogP contribution in [0.2, 0.25) is 0 Å². The number of nitrogen functional groups attached to an aromatic ring is 1. The lowest BCUT2D eigenvalue weighted by atomic mass is 10.1. The van der Waals surface area contributed by atoms with Crippen LogP contribution in [-0.2, 0) is 6.42 Å². The Hall–Kier alpha value is -1.62. The van der Waals surface area contributed by atoms with Crippen LogP contribution in [0.25, 0.3) is 10.2 Å². The van der Waals surface area contributed by atoms with Gasteiger partial charge in [0.05, 0.1) is 5.69 Å². The van der Waals surface area contributed by atoms with Gasteiger partial charge in [0.25, 0.3) is 5.91 Å². The van der Waals surface area contributed by atoms with Crippen molar-refractivity contribution in [1.82, 2.24) is 9.88 Å². The van der Waals surface area contributed by atoms with Crippen molar-refractivity contribution in [3.05, 3.63) is 22.7 Å². The van der Waals surface area contributed by atoms with E-state index in [1.807, 2.05) is 17.0 Å². The highest BCUT2D eigenvalue weighted by Crippen LogP contribution is 2.34. The van der Waals surface area contributed by atoms with E-state index >= 15 is 0 Å². The Labute approximate surface area is 129 Å². The molecule has 112 valence electrons. The fourth-order valence-corrected chi connectivity index (χ4v) is 3.91. The maximum atomic E-state index is 12.6. The molecule has 1 saturated heterocycles. The van der Waals surface area contributed by atoms with Crippen LogP contribution in [-0.4, -0.2) is 28.9 Å². The molecular weight excluding hydrogens is 282 g/mol. The van der Waals surface area contributed by atoms with Crippen molar-refractivity contribution < 1.29 is 4.79 Å². The number of fused-ring (bicyclic) bond motifs is 1. The van der Waals surface area contributed by atoms with Crippen LogP contribution in [0.3, 0.4) is 0 Å². The average molecular weight is 303 g/mol. The fourth-order valence-electron chi connectivity index (χ4n) is 2.83. The molecule has 1 amide bonds. The number of pyridine rings is 1. The normalized spacial score (nSPS) is 15.6. The van der Waals surface area contributed by atoms with Crippen LogP contribution in [0.4, 0.5) is 5.69 Å². The van der Waals surface area contributed by atoms with Crippen molar-refractivity contribution >= 4 is 33.1 Å². The summed E-state index contributed by atoms with van der Waals surface area (Å²) in [6, 6.07) is 4.02. The van der Waals surface area contributed by atoms with Crippen molar-refractivity contribution in [2.75, 3.05) is 18.8 Å². The summed E-state index contributed by atoms with van der Waals surface area (Å²) in [4.78, 5) is 20.7. The maximum Gasteiger partial charge on any atom is 0.266 e. The second-order valence-electron chi connectivity index (χ2n) is 5.60. The number of aryl methyl sites for hydroxylation is 1. The first-order valence-electron chi connectivity index (χ1n) is 7.68. The zero-order valence-corrected chi connectivity index (χ0v) is 13.2. The molecule has 0 radical (unpaired) electrons. The minimum Gasteiger partial charge on any atom is -0.397 e. The highest BCUT2D eigenvalue weighted by atomic mass is 32.1. The molecule has 1 aliphatic rings. The van der Waals surface area contributed by atoms with E-state index in [0.29, 0.717) is 10.6 Å². The number of nitrogens with zero attached hydrogens (tertiary/aromatic N) is 2. The Morgan fingerprint density at radius 3 is 2.81 bits per heavy atom. The Kier molecular flexibility index (Phi) is 4.10. The van der Waals surface area contributed by atoms with Crippen molar-refractivity contribution in [2.45, 2.75) is 39.0 Å². The first-order chi connectivity index (χ1) is 10.2. The van der Waals surface area contributed by atoms with Crippen LogP contribution in [0.15, 0.2) is 12.1 Å². The molecule has 0 bridgehead atoms. The van der Waals surface area contributed by atoms with E-state index in [2.05, 4.69) is 11.9 Å². The molecule has 0 aromatic carbocycles. The van der Waals surface area contributed by atoms with Gasteiger partial charge in [0.1, 0.15) is 9.71 Å². The SMILES string of the molecule is CCCc1ccc2c(N)c(C(=O)N3CCCCC3)sc2n1. The average Bonchev–Trinajstić information content (AvgIpc) is 2.84. The number of aromatic nitrogens is 1. The van der Waals surface area contributed by atoms with E-state index in [4.69, 9.17) is 5.73 Å². The molecule has 0 saturated carbocycles. The first-order valence-corrected chi connectivity index (χ1v) is 8.49. The fraction of sp³-hybridized carbons (Fsp3) is 0.500. The molecular formula is C16H21N3OS. The van der Waals surface area contributed by atoms with E-state index in [0.717, 1.165) is 54.7 Å². The molecule has 3 heterocycles. The first kappa shape index (κ1) is 14.3. The van der Waals surface area contributed by atoms with Gasteiger partial charge in [0.2, 0.25) is 0 Å². The maximum absolute atomic E-state index is 12.6. The number of anilines is 1. The molecule has 5 heteroatoms. The third kappa shape index (κ3) is 2.75. The van der Waals surface area contributed by atoms with E-state index in [1.165, 1.54) is 17.8 Å². The molecule has 1 fully saturated rings. The lowest BCUT2D eigenvalue weighted by Gasteiger charge is -2.26. The summed E-state index contributed by atoms with van der Waals surface area (Å²) in [6.07, 6.45) is 5.43.